The molecule has 0 bridgehead atoms. The zero-order chi connectivity index (χ0) is 15.3. The van der Waals surface area contributed by atoms with Crippen LogP contribution in [-0.4, -0.2) is 38.3 Å². The molecule has 3 rings (SSSR count). The van der Waals surface area contributed by atoms with E-state index >= 15 is 0 Å². The molecule has 1 aliphatic heterocycles. The molecule has 0 atom stereocenters. The van der Waals surface area contributed by atoms with Crippen molar-refractivity contribution in [2.45, 2.75) is 45.8 Å². The monoisotopic (exact) mass is 286 g/mol. The third kappa shape index (κ3) is 2.36. The Kier molecular flexibility index (Phi) is 3.14. The summed E-state index contributed by atoms with van der Waals surface area (Å²) in [5.74, 6) is 0.670. The van der Waals surface area contributed by atoms with Gasteiger partial charge < -0.3 is 9.31 Å². The minimum absolute atomic E-state index is 0.362. The van der Waals surface area contributed by atoms with Crippen LogP contribution in [0.1, 0.15) is 33.4 Å². The molecule has 0 unspecified atom stereocenters. The van der Waals surface area contributed by atoms with Gasteiger partial charge in [-0.3, -0.25) is 0 Å². The normalized spacial score (nSPS) is 20.0. The Hall–Kier alpha value is -1.73. The second kappa shape index (κ2) is 4.64. The van der Waals surface area contributed by atoms with Crippen molar-refractivity contribution in [1.82, 2.24) is 20.0 Å². The Bertz CT molecular complexity index is 638. The highest BCUT2D eigenvalue weighted by Gasteiger charge is 2.52. The zero-order valence-electron chi connectivity index (χ0n) is 13.0. The van der Waals surface area contributed by atoms with Crippen molar-refractivity contribution in [2.24, 2.45) is 0 Å². The minimum Gasteiger partial charge on any atom is -0.399 e. The number of aromatic nitrogens is 4. The lowest BCUT2D eigenvalue weighted by Crippen LogP contribution is -2.41. The summed E-state index contributed by atoms with van der Waals surface area (Å²) in [6.07, 6.45) is 3.52. The van der Waals surface area contributed by atoms with E-state index in [9.17, 15) is 0 Å². The Balaban J connectivity index is 1.93. The fourth-order valence-electron chi connectivity index (χ4n) is 2.21. The van der Waals surface area contributed by atoms with Crippen LogP contribution in [0, 0.1) is 6.92 Å². The van der Waals surface area contributed by atoms with Crippen molar-refractivity contribution in [3.05, 3.63) is 30.2 Å². The number of rotatable bonds is 2. The van der Waals surface area contributed by atoms with Crippen LogP contribution in [-0.2, 0) is 9.31 Å². The molecule has 0 aromatic carbocycles. The Morgan fingerprint density at radius 3 is 2.38 bits per heavy atom. The van der Waals surface area contributed by atoms with Gasteiger partial charge in [-0.25, -0.2) is 4.68 Å². The van der Waals surface area contributed by atoms with Crippen LogP contribution < -0.4 is 5.46 Å². The van der Waals surface area contributed by atoms with Gasteiger partial charge in [-0.1, -0.05) is 0 Å². The predicted octanol–water partition coefficient (Wildman–Crippen LogP) is 1.27. The van der Waals surface area contributed by atoms with E-state index in [1.54, 1.807) is 10.9 Å². The molecule has 0 saturated carbocycles. The van der Waals surface area contributed by atoms with Gasteiger partial charge in [0.25, 0.3) is 0 Å². The molecule has 6 nitrogen and oxygen atoms in total. The van der Waals surface area contributed by atoms with Crippen LogP contribution >= 0.6 is 0 Å². The fraction of sp³-hybridized carbons (Fsp3) is 0.500. The summed E-state index contributed by atoms with van der Waals surface area (Å²) in [4.78, 5) is 0. The number of aryl methyl sites for hydroxylation is 1. The maximum atomic E-state index is 6.07. The summed E-state index contributed by atoms with van der Waals surface area (Å²) in [7, 11) is -0.416. The molecule has 1 aliphatic rings. The minimum atomic E-state index is -0.416. The van der Waals surface area contributed by atoms with E-state index < -0.39 is 7.12 Å². The van der Waals surface area contributed by atoms with Gasteiger partial charge in [0.2, 0.25) is 0 Å². The molecule has 2 aromatic rings. The summed E-state index contributed by atoms with van der Waals surface area (Å²) < 4.78 is 13.8. The maximum Gasteiger partial charge on any atom is 0.498 e. The lowest BCUT2D eigenvalue weighted by atomic mass is 9.79. The molecule has 0 radical (unpaired) electrons. The molecule has 1 saturated heterocycles. The van der Waals surface area contributed by atoms with E-state index in [2.05, 4.69) is 15.3 Å². The quantitative estimate of drug-likeness (QED) is 0.778. The van der Waals surface area contributed by atoms with Gasteiger partial charge in [0.1, 0.15) is 0 Å². The van der Waals surface area contributed by atoms with Crippen molar-refractivity contribution < 1.29 is 9.31 Å². The number of nitrogens with zero attached hydrogens (tertiary/aromatic N) is 4. The molecule has 1 fully saturated rings. The molecule has 110 valence electrons. The van der Waals surface area contributed by atoms with E-state index in [4.69, 9.17) is 9.31 Å². The van der Waals surface area contributed by atoms with Gasteiger partial charge in [-0.15, -0.1) is 5.10 Å². The molecule has 0 N–H and O–H groups in total. The molecule has 7 heteroatoms. The van der Waals surface area contributed by atoms with Gasteiger partial charge in [-0.05, 0) is 46.8 Å². The van der Waals surface area contributed by atoms with Crippen LogP contribution in [0.25, 0.3) is 5.82 Å². The molecular weight excluding hydrogens is 267 g/mol. The largest absolute Gasteiger partial charge is 0.498 e. The zero-order valence-corrected chi connectivity index (χ0v) is 13.0. The first-order valence-electron chi connectivity index (χ1n) is 7.00. The average molecular weight is 286 g/mol. The van der Waals surface area contributed by atoms with Crippen molar-refractivity contribution in [2.75, 3.05) is 0 Å². The summed E-state index contributed by atoms with van der Waals surface area (Å²) in [5, 5.41) is 12.4. The molecule has 21 heavy (non-hydrogen) atoms. The third-order valence-corrected chi connectivity index (χ3v) is 4.24. The van der Waals surface area contributed by atoms with Crippen LogP contribution in [0.3, 0.4) is 0 Å². The Morgan fingerprint density at radius 1 is 1.14 bits per heavy atom. The summed E-state index contributed by atoms with van der Waals surface area (Å²) in [6, 6.07) is 3.68. The Morgan fingerprint density at radius 2 is 1.81 bits per heavy atom. The summed E-state index contributed by atoms with van der Waals surface area (Å²) in [5.41, 5.74) is 1.05. The molecule has 0 aliphatic carbocycles. The van der Waals surface area contributed by atoms with E-state index in [0.717, 1.165) is 11.2 Å². The molecule has 0 spiro atoms. The van der Waals surface area contributed by atoms with E-state index in [1.807, 2.05) is 52.9 Å². The molecule has 3 heterocycles. The standard InChI is InChI=1S/C14H19BN4O2/c1-10-11(15-20-13(2,3)14(4,5)21-15)9-19(18-10)12-7-6-8-16-17-12/h6-9H,1-5H3. The summed E-state index contributed by atoms with van der Waals surface area (Å²) in [6.45, 7) is 10.1. The number of hydrogen-bond acceptors (Lipinski definition) is 5. The van der Waals surface area contributed by atoms with Crippen molar-refractivity contribution >= 4 is 12.6 Å². The smallest absolute Gasteiger partial charge is 0.399 e. The van der Waals surface area contributed by atoms with Gasteiger partial charge in [-0.2, -0.15) is 10.2 Å². The van der Waals surface area contributed by atoms with Crippen LogP contribution in [0.5, 0.6) is 0 Å². The van der Waals surface area contributed by atoms with Gasteiger partial charge in [0, 0.05) is 17.9 Å². The van der Waals surface area contributed by atoms with Gasteiger partial charge in [0.15, 0.2) is 5.82 Å². The fourth-order valence-corrected chi connectivity index (χ4v) is 2.21. The van der Waals surface area contributed by atoms with Crippen molar-refractivity contribution in [3.8, 4) is 5.82 Å². The van der Waals surface area contributed by atoms with E-state index in [1.165, 1.54) is 0 Å². The molecule has 0 amide bonds. The van der Waals surface area contributed by atoms with Gasteiger partial charge >= 0.3 is 7.12 Å². The SMILES string of the molecule is Cc1nn(-c2cccnn2)cc1B1OC(C)(C)C(C)(C)O1. The summed E-state index contributed by atoms with van der Waals surface area (Å²) >= 11 is 0. The van der Waals surface area contributed by atoms with Crippen molar-refractivity contribution in [1.29, 1.82) is 0 Å². The maximum absolute atomic E-state index is 6.07. The number of hydrogen-bond donors (Lipinski definition) is 0. The van der Waals surface area contributed by atoms with E-state index in [-0.39, 0.29) is 11.2 Å². The lowest BCUT2D eigenvalue weighted by Gasteiger charge is -2.32. The average Bonchev–Trinajstić information content (AvgIpc) is 2.89. The van der Waals surface area contributed by atoms with Crippen molar-refractivity contribution in [3.63, 3.8) is 0 Å². The Labute approximate surface area is 124 Å². The van der Waals surface area contributed by atoms with Crippen LogP contribution in [0.4, 0.5) is 0 Å². The van der Waals surface area contributed by atoms with E-state index in [0.29, 0.717) is 5.82 Å². The molecule has 2 aromatic heterocycles. The highest BCUT2D eigenvalue weighted by atomic mass is 16.7. The molecular formula is C14H19BN4O2. The first kappa shape index (κ1) is 14.2. The highest BCUT2D eigenvalue weighted by molar-refractivity contribution is 6.62. The predicted molar refractivity (Wildman–Crippen MR) is 79.6 cm³/mol. The van der Waals surface area contributed by atoms with Gasteiger partial charge in [0.05, 0.1) is 16.9 Å². The highest BCUT2D eigenvalue weighted by Crippen LogP contribution is 2.36. The second-order valence-electron chi connectivity index (χ2n) is 6.28. The topological polar surface area (TPSA) is 62.1 Å². The lowest BCUT2D eigenvalue weighted by molar-refractivity contribution is 0.00578. The second-order valence-corrected chi connectivity index (χ2v) is 6.28. The van der Waals surface area contributed by atoms with Crippen LogP contribution in [0.15, 0.2) is 24.5 Å². The first-order valence-corrected chi connectivity index (χ1v) is 7.00. The first-order chi connectivity index (χ1) is 9.80. The third-order valence-electron chi connectivity index (χ3n) is 4.24. The van der Waals surface area contributed by atoms with Crippen LogP contribution in [0.2, 0.25) is 0 Å².